The Morgan fingerprint density at radius 2 is 1.73 bits per heavy atom. The van der Waals surface area contributed by atoms with Gasteiger partial charge in [0.1, 0.15) is 17.2 Å². The molecule has 138 valence electrons. The predicted molar refractivity (Wildman–Crippen MR) is 101 cm³/mol. The first-order valence-electron chi connectivity index (χ1n) is 9.18. The van der Waals surface area contributed by atoms with Gasteiger partial charge in [0.15, 0.2) is 0 Å². The smallest absolute Gasteiger partial charge is 0.221 e. The first kappa shape index (κ1) is 18.3. The Morgan fingerprint density at radius 1 is 1.04 bits per heavy atom. The number of benzene rings is 2. The summed E-state index contributed by atoms with van der Waals surface area (Å²) < 4.78 is 11.6. The van der Waals surface area contributed by atoms with Gasteiger partial charge in [-0.2, -0.15) is 0 Å². The number of carbonyl (C=O) groups is 1. The number of ether oxygens (including phenoxy) is 2. The number of nitrogens with zero attached hydrogens (tertiary/aromatic N) is 1. The van der Waals surface area contributed by atoms with E-state index in [1.807, 2.05) is 54.6 Å². The van der Waals surface area contributed by atoms with Crippen molar-refractivity contribution in [1.82, 2.24) is 4.90 Å². The number of amides is 1. The molecule has 1 saturated heterocycles. The first-order chi connectivity index (χ1) is 12.7. The maximum absolute atomic E-state index is 11.3. The van der Waals surface area contributed by atoms with Gasteiger partial charge in [0.25, 0.3) is 0 Å². The van der Waals surface area contributed by atoms with Crippen molar-refractivity contribution in [2.75, 3.05) is 26.2 Å². The molecule has 3 rings (SSSR count). The lowest BCUT2D eigenvalue weighted by Gasteiger charge is -2.30. The Kier molecular flexibility index (Phi) is 6.50. The molecule has 0 aromatic heterocycles. The summed E-state index contributed by atoms with van der Waals surface area (Å²) in [6.45, 7) is 3.39. The van der Waals surface area contributed by atoms with Crippen molar-refractivity contribution in [1.29, 1.82) is 0 Å². The van der Waals surface area contributed by atoms with Crippen LogP contribution in [0.5, 0.6) is 17.2 Å². The summed E-state index contributed by atoms with van der Waals surface area (Å²) in [5.74, 6) is 2.26. The van der Waals surface area contributed by atoms with Crippen LogP contribution in [-0.4, -0.2) is 37.0 Å². The van der Waals surface area contributed by atoms with Gasteiger partial charge >= 0.3 is 0 Å². The summed E-state index contributed by atoms with van der Waals surface area (Å²) in [6.07, 6.45) is 2.88. The van der Waals surface area contributed by atoms with E-state index in [0.717, 1.165) is 56.1 Å². The molecule has 5 nitrogen and oxygen atoms in total. The zero-order valence-electron chi connectivity index (χ0n) is 15.0. The molecule has 1 aliphatic rings. The van der Waals surface area contributed by atoms with Crippen LogP contribution in [-0.2, 0) is 4.79 Å². The minimum absolute atomic E-state index is 0.00169. The fourth-order valence-electron chi connectivity index (χ4n) is 3.20. The van der Waals surface area contributed by atoms with Crippen molar-refractivity contribution in [3.05, 3.63) is 54.6 Å². The summed E-state index contributed by atoms with van der Waals surface area (Å²) >= 11 is 0. The maximum atomic E-state index is 11.3. The molecule has 1 aliphatic heterocycles. The molecular formula is C21H26N2O3. The largest absolute Gasteiger partial charge is 0.494 e. The van der Waals surface area contributed by atoms with Crippen LogP contribution in [0, 0.1) is 5.92 Å². The second-order valence-electron chi connectivity index (χ2n) is 6.63. The lowest BCUT2D eigenvalue weighted by molar-refractivity contribution is -0.123. The molecule has 2 aromatic rings. The van der Waals surface area contributed by atoms with Gasteiger partial charge in [-0.05, 0) is 62.2 Å². The Morgan fingerprint density at radius 3 is 2.46 bits per heavy atom. The standard InChI is InChI=1S/C21H26N2O3/c22-21(24)17-6-4-13-23(16-17)14-5-15-25-18-9-11-20(12-10-18)26-19-7-2-1-3-8-19/h1-3,7-12,17H,4-6,13-16H2,(H2,22,24). The Hall–Kier alpha value is -2.53. The molecule has 0 saturated carbocycles. The topological polar surface area (TPSA) is 64.8 Å². The Bertz CT molecular complexity index is 688. The Balaban J connectivity index is 1.38. The van der Waals surface area contributed by atoms with E-state index in [-0.39, 0.29) is 11.8 Å². The van der Waals surface area contributed by atoms with Gasteiger partial charge in [-0.1, -0.05) is 18.2 Å². The summed E-state index contributed by atoms with van der Waals surface area (Å²) in [5.41, 5.74) is 5.42. The van der Waals surface area contributed by atoms with Crippen molar-refractivity contribution in [3.8, 4) is 17.2 Å². The average molecular weight is 354 g/mol. The molecular weight excluding hydrogens is 328 g/mol. The molecule has 5 heteroatoms. The average Bonchev–Trinajstić information content (AvgIpc) is 2.67. The van der Waals surface area contributed by atoms with Gasteiger partial charge in [-0.3, -0.25) is 4.79 Å². The number of para-hydroxylation sites is 1. The van der Waals surface area contributed by atoms with Crippen molar-refractivity contribution in [2.24, 2.45) is 11.7 Å². The number of hydrogen-bond acceptors (Lipinski definition) is 4. The van der Waals surface area contributed by atoms with Crippen LogP contribution in [0.15, 0.2) is 54.6 Å². The van der Waals surface area contributed by atoms with E-state index in [1.165, 1.54) is 0 Å². The number of nitrogens with two attached hydrogens (primary N) is 1. The molecule has 26 heavy (non-hydrogen) atoms. The molecule has 1 amide bonds. The number of likely N-dealkylation sites (tertiary alicyclic amines) is 1. The molecule has 0 radical (unpaired) electrons. The van der Waals surface area contributed by atoms with Crippen LogP contribution in [0.25, 0.3) is 0 Å². The predicted octanol–water partition coefficient (Wildman–Crippen LogP) is 3.45. The minimum atomic E-state index is -0.177. The molecule has 1 fully saturated rings. The van der Waals surface area contributed by atoms with Crippen LogP contribution < -0.4 is 15.2 Å². The lowest BCUT2D eigenvalue weighted by Crippen LogP contribution is -2.41. The molecule has 1 atom stereocenters. The normalized spacial score (nSPS) is 17.6. The highest BCUT2D eigenvalue weighted by Crippen LogP contribution is 2.23. The fraction of sp³-hybridized carbons (Fsp3) is 0.381. The van der Waals surface area contributed by atoms with Crippen molar-refractivity contribution < 1.29 is 14.3 Å². The van der Waals surface area contributed by atoms with Crippen molar-refractivity contribution >= 4 is 5.91 Å². The maximum Gasteiger partial charge on any atom is 0.221 e. The molecule has 1 unspecified atom stereocenters. The highest BCUT2D eigenvalue weighted by Gasteiger charge is 2.23. The third kappa shape index (κ3) is 5.49. The number of carbonyl (C=O) groups excluding carboxylic acids is 1. The number of primary amides is 1. The molecule has 1 heterocycles. The molecule has 2 aromatic carbocycles. The van der Waals surface area contributed by atoms with Crippen LogP contribution in [0.1, 0.15) is 19.3 Å². The van der Waals surface area contributed by atoms with E-state index >= 15 is 0 Å². The van der Waals surface area contributed by atoms with Gasteiger partial charge in [0, 0.05) is 13.1 Å². The van der Waals surface area contributed by atoms with Crippen molar-refractivity contribution in [2.45, 2.75) is 19.3 Å². The van der Waals surface area contributed by atoms with Gasteiger partial charge in [0.05, 0.1) is 12.5 Å². The van der Waals surface area contributed by atoms with Gasteiger partial charge < -0.3 is 20.1 Å². The second-order valence-corrected chi connectivity index (χ2v) is 6.63. The highest BCUT2D eigenvalue weighted by molar-refractivity contribution is 5.76. The fourth-order valence-corrected chi connectivity index (χ4v) is 3.20. The van der Waals surface area contributed by atoms with Crippen LogP contribution in [0.4, 0.5) is 0 Å². The summed E-state index contributed by atoms with van der Waals surface area (Å²) in [5, 5.41) is 0. The molecule has 0 spiro atoms. The van der Waals surface area contributed by atoms with Crippen molar-refractivity contribution in [3.63, 3.8) is 0 Å². The van der Waals surface area contributed by atoms with E-state index in [2.05, 4.69) is 4.90 Å². The molecule has 0 bridgehead atoms. The summed E-state index contributed by atoms with van der Waals surface area (Å²) in [6, 6.07) is 17.4. The Labute approximate surface area is 154 Å². The zero-order chi connectivity index (χ0) is 18.2. The SMILES string of the molecule is NC(=O)C1CCCN(CCCOc2ccc(Oc3ccccc3)cc2)C1. The lowest BCUT2D eigenvalue weighted by atomic mass is 9.97. The molecule has 0 aliphatic carbocycles. The number of hydrogen-bond donors (Lipinski definition) is 1. The van der Waals surface area contributed by atoms with Crippen LogP contribution in [0.3, 0.4) is 0 Å². The third-order valence-corrected chi connectivity index (χ3v) is 4.60. The van der Waals surface area contributed by atoms with Gasteiger partial charge in [-0.15, -0.1) is 0 Å². The minimum Gasteiger partial charge on any atom is -0.494 e. The third-order valence-electron chi connectivity index (χ3n) is 4.60. The highest BCUT2D eigenvalue weighted by atomic mass is 16.5. The quantitative estimate of drug-likeness (QED) is 0.738. The van der Waals surface area contributed by atoms with Crippen LogP contribution in [0.2, 0.25) is 0 Å². The van der Waals surface area contributed by atoms with E-state index < -0.39 is 0 Å². The summed E-state index contributed by atoms with van der Waals surface area (Å²) in [4.78, 5) is 13.6. The first-order valence-corrected chi connectivity index (χ1v) is 9.18. The number of piperidine rings is 1. The van der Waals surface area contributed by atoms with Gasteiger partial charge in [-0.25, -0.2) is 0 Å². The van der Waals surface area contributed by atoms with E-state index in [4.69, 9.17) is 15.2 Å². The van der Waals surface area contributed by atoms with Crippen LogP contribution >= 0.6 is 0 Å². The monoisotopic (exact) mass is 354 g/mol. The van der Waals surface area contributed by atoms with E-state index in [1.54, 1.807) is 0 Å². The van der Waals surface area contributed by atoms with E-state index in [9.17, 15) is 4.79 Å². The number of rotatable bonds is 8. The van der Waals surface area contributed by atoms with Gasteiger partial charge in [0.2, 0.25) is 5.91 Å². The van der Waals surface area contributed by atoms with E-state index in [0.29, 0.717) is 6.61 Å². The zero-order valence-corrected chi connectivity index (χ0v) is 15.0. The molecule has 2 N–H and O–H groups in total. The summed E-state index contributed by atoms with van der Waals surface area (Å²) in [7, 11) is 0. The second kappa shape index (κ2) is 9.25.